The van der Waals surface area contributed by atoms with Crippen LogP contribution >= 0.6 is 0 Å². The van der Waals surface area contributed by atoms with Gasteiger partial charge in [-0.25, -0.2) is 4.79 Å². The molecule has 4 nitrogen and oxygen atoms in total. The molecule has 2 rings (SSSR count). The fourth-order valence-corrected chi connectivity index (χ4v) is 2.12. The van der Waals surface area contributed by atoms with Crippen LogP contribution in [0, 0.1) is 0 Å². The summed E-state index contributed by atoms with van der Waals surface area (Å²) in [6, 6.07) is 5.45. The Labute approximate surface area is 100 Å². The zero-order valence-corrected chi connectivity index (χ0v) is 10.2. The van der Waals surface area contributed by atoms with Crippen molar-refractivity contribution in [1.82, 2.24) is 4.90 Å². The van der Waals surface area contributed by atoms with Gasteiger partial charge in [-0.15, -0.1) is 0 Å². The first kappa shape index (κ1) is 11.6. The summed E-state index contributed by atoms with van der Waals surface area (Å²) in [5.41, 5.74) is 2.51. The molecule has 0 fully saturated rings. The molecule has 0 spiro atoms. The number of nitrogens with zero attached hydrogens (tertiary/aromatic N) is 1. The highest BCUT2D eigenvalue weighted by Gasteiger charge is 2.27. The number of carbonyl (C=O) groups excluding carboxylic acids is 2. The molecule has 1 amide bonds. The van der Waals surface area contributed by atoms with Gasteiger partial charge in [-0.1, -0.05) is 6.07 Å². The lowest BCUT2D eigenvalue weighted by Gasteiger charge is -2.32. The predicted octanol–water partition coefficient (Wildman–Crippen LogP) is 1.55. The van der Waals surface area contributed by atoms with Crippen LogP contribution in [-0.2, 0) is 16.0 Å². The average molecular weight is 233 g/mol. The first-order valence-corrected chi connectivity index (χ1v) is 5.51. The second-order valence-corrected chi connectivity index (χ2v) is 4.26. The Morgan fingerprint density at radius 1 is 1.47 bits per heavy atom. The third-order valence-corrected chi connectivity index (χ3v) is 3.33. The van der Waals surface area contributed by atoms with Crippen molar-refractivity contribution in [3.05, 3.63) is 34.9 Å². The Morgan fingerprint density at radius 2 is 2.18 bits per heavy atom. The highest BCUT2D eigenvalue weighted by atomic mass is 16.5. The lowest BCUT2D eigenvalue weighted by atomic mass is 9.92. The second kappa shape index (κ2) is 4.20. The van der Waals surface area contributed by atoms with Crippen molar-refractivity contribution in [2.75, 3.05) is 14.2 Å². The zero-order chi connectivity index (χ0) is 12.6. The second-order valence-electron chi connectivity index (χ2n) is 4.26. The van der Waals surface area contributed by atoms with Crippen LogP contribution in [-0.4, -0.2) is 30.9 Å². The minimum Gasteiger partial charge on any atom is -0.465 e. The summed E-state index contributed by atoms with van der Waals surface area (Å²) in [5.74, 6) is -0.293. The fourth-order valence-electron chi connectivity index (χ4n) is 2.12. The summed E-state index contributed by atoms with van der Waals surface area (Å²) in [6.45, 7) is 1.98. The van der Waals surface area contributed by atoms with E-state index in [-0.39, 0.29) is 17.9 Å². The van der Waals surface area contributed by atoms with E-state index in [1.54, 1.807) is 24.1 Å². The number of fused-ring (bicyclic) bond motifs is 1. The van der Waals surface area contributed by atoms with Crippen molar-refractivity contribution in [3.63, 3.8) is 0 Å². The van der Waals surface area contributed by atoms with Gasteiger partial charge >= 0.3 is 5.97 Å². The number of ether oxygens (including phenoxy) is 1. The number of methoxy groups -OCH3 is 1. The van der Waals surface area contributed by atoms with Crippen molar-refractivity contribution in [2.24, 2.45) is 0 Å². The Kier molecular flexibility index (Phi) is 2.88. The van der Waals surface area contributed by atoms with Crippen LogP contribution in [0.3, 0.4) is 0 Å². The van der Waals surface area contributed by atoms with Gasteiger partial charge in [-0.3, -0.25) is 4.79 Å². The molecular weight excluding hydrogens is 218 g/mol. The van der Waals surface area contributed by atoms with Gasteiger partial charge in [0.15, 0.2) is 0 Å². The quantitative estimate of drug-likeness (QED) is 0.691. The van der Waals surface area contributed by atoms with E-state index in [1.165, 1.54) is 7.11 Å². The molecule has 1 heterocycles. The van der Waals surface area contributed by atoms with Crippen molar-refractivity contribution in [2.45, 2.75) is 19.4 Å². The lowest BCUT2D eigenvalue weighted by Crippen LogP contribution is -2.35. The van der Waals surface area contributed by atoms with Crippen LogP contribution in [0.2, 0.25) is 0 Å². The number of amides is 1. The minimum atomic E-state index is -0.369. The number of likely N-dealkylation sites (N-methyl/N-ethyl adjacent to an activating group) is 1. The van der Waals surface area contributed by atoms with Crippen LogP contribution in [0.25, 0.3) is 0 Å². The third kappa shape index (κ3) is 1.90. The fraction of sp³-hybridized carbons (Fsp3) is 0.385. The number of rotatable bonds is 1. The molecule has 0 aromatic heterocycles. The van der Waals surface area contributed by atoms with Crippen LogP contribution < -0.4 is 0 Å². The van der Waals surface area contributed by atoms with Gasteiger partial charge in [0.05, 0.1) is 25.1 Å². The first-order chi connectivity index (χ1) is 8.04. The van der Waals surface area contributed by atoms with E-state index < -0.39 is 0 Å². The highest BCUT2D eigenvalue weighted by Crippen LogP contribution is 2.29. The highest BCUT2D eigenvalue weighted by molar-refractivity contribution is 5.90. The minimum absolute atomic E-state index is 0.0537. The Morgan fingerprint density at radius 3 is 2.82 bits per heavy atom. The van der Waals surface area contributed by atoms with Crippen molar-refractivity contribution < 1.29 is 14.3 Å². The SMILES string of the molecule is COC(=O)c1ccc2c(c1)CC(=O)N(C)[C@@H]2C. The van der Waals surface area contributed by atoms with Gasteiger partial charge in [0.2, 0.25) is 5.91 Å². The van der Waals surface area contributed by atoms with Crippen LogP contribution in [0.4, 0.5) is 0 Å². The van der Waals surface area contributed by atoms with Crippen LogP contribution in [0.1, 0.15) is 34.5 Å². The van der Waals surface area contributed by atoms with E-state index in [2.05, 4.69) is 4.74 Å². The number of carbonyl (C=O) groups is 2. The molecule has 0 saturated heterocycles. The molecule has 1 aromatic carbocycles. The Hall–Kier alpha value is -1.84. The first-order valence-electron chi connectivity index (χ1n) is 5.51. The average Bonchev–Trinajstić information content (AvgIpc) is 2.34. The van der Waals surface area contributed by atoms with Crippen LogP contribution in [0.5, 0.6) is 0 Å². The zero-order valence-electron chi connectivity index (χ0n) is 10.2. The maximum absolute atomic E-state index is 11.7. The van der Waals surface area contributed by atoms with E-state index in [1.807, 2.05) is 13.0 Å². The van der Waals surface area contributed by atoms with Crippen molar-refractivity contribution >= 4 is 11.9 Å². The van der Waals surface area contributed by atoms with E-state index in [0.29, 0.717) is 12.0 Å². The number of hydrogen-bond donors (Lipinski definition) is 0. The van der Waals surface area contributed by atoms with Gasteiger partial charge in [0.25, 0.3) is 0 Å². The van der Waals surface area contributed by atoms with Gasteiger partial charge in [0.1, 0.15) is 0 Å². The molecule has 1 aliphatic rings. The summed E-state index contributed by atoms with van der Waals surface area (Å²) >= 11 is 0. The lowest BCUT2D eigenvalue weighted by molar-refractivity contribution is -0.132. The molecule has 1 aromatic rings. The molecule has 4 heteroatoms. The molecule has 0 radical (unpaired) electrons. The van der Waals surface area contributed by atoms with Crippen molar-refractivity contribution in [3.8, 4) is 0 Å². The summed E-state index contributed by atoms with van der Waals surface area (Å²) in [7, 11) is 3.15. The summed E-state index contributed by atoms with van der Waals surface area (Å²) < 4.78 is 4.67. The summed E-state index contributed by atoms with van der Waals surface area (Å²) in [6.07, 6.45) is 0.348. The number of benzene rings is 1. The summed E-state index contributed by atoms with van der Waals surface area (Å²) in [4.78, 5) is 24.9. The maximum Gasteiger partial charge on any atom is 0.337 e. The molecule has 17 heavy (non-hydrogen) atoms. The van der Waals surface area contributed by atoms with Gasteiger partial charge < -0.3 is 9.64 Å². The van der Waals surface area contributed by atoms with Gasteiger partial charge in [0, 0.05) is 7.05 Å². The molecule has 1 aliphatic heterocycles. The van der Waals surface area contributed by atoms with E-state index in [4.69, 9.17) is 0 Å². The Bertz CT molecular complexity index is 482. The predicted molar refractivity (Wildman–Crippen MR) is 62.7 cm³/mol. The molecule has 0 saturated carbocycles. The van der Waals surface area contributed by atoms with Gasteiger partial charge in [-0.2, -0.15) is 0 Å². The number of esters is 1. The largest absolute Gasteiger partial charge is 0.465 e. The summed E-state index contributed by atoms with van der Waals surface area (Å²) in [5, 5.41) is 0. The molecule has 0 aliphatic carbocycles. The van der Waals surface area contributed by atoms with E-state index in [9.17, 15) is 9.59 Å². The molecule has 90 valence electrons. The molecule has 1 atom stereocenters. The molecule has 0 N–H and O–H groups in total. The molecular formula is C13H15NO3. The topological polar surface area (TPSA) is 46.6 Å². The standard InChI is InChI=1S/C13H15NO3/c1-8-11-5-4-9(13(16)17-3)6-10(11)7-12(15)14(8)2/h4-6,8H,7H2,1-3H3/t8-/m1/s1. The van der Waals surface area contributed by atoms with Crippen molar-refractivity contribution in [1.29, 1.82) is 0 Å². The van der Waals surface area contributed by atoms with Crippen LogP contribution in [0.15, 0.2) is 18.2 Å². The van der Waals surface area contributed by atoms with Gasteiger partial charge in [-0.05, 0) is 30.2 Å². The maximum atomic E-state index is 11.7. The number of hydrogen-bond acceptors (Lipinski definition) is 3. The van der Waals surface area contributed by atoms with E-state index in [0.717, 1.165) is 11.1 Å². The third-order valence-electron chi connectivity index (χ3n) is 3.33. The normalized spacial score (nSPS) is 18.9. The molecule has 0 bridgehead atoms. The molecule has 0 unspecified atom stereocenters. The monoisotopic (exact) mass is 233 g/mol. The van der Waals surface area contributed by atoms with E-state index >= 15 is 0 Å². The smallest absolute Gasteiger partial charge is 0.337 e. The Balaban J connectivity index is 2.44.